The molecule has 0 aromatic heterocycles. The highest BCUT2D eigenvalue weighted by atomic mass is 35.5. The van der Waals surface area contributed by atoms with Crippen LogP contribution in [0.3, 0.4) is 0 Å². The molecule has 4 nitrogen and oxygen atoms in total. The van der Waals surface area contributed by atoms with E-state index in [1.807, 2.05) is 18.2 Å². The van der Waals surface area contributed by atoms with Crippen molar-refractivity contribution in [3.05, 3.63) is 34.9 Å². The van der Waals surface area contributed by atoms with Gasteiger partial charge in [-0.15, -0.1) is 0 Å². The Kier molecular flexibility index (Phi) is 4.99. The Morgan fingerprint density at radius 1 is 1.40 bits per heavy atom. The first-order valence-electron chi connectivity index (χ1n) is 6.69. The first-order chi connectivity index (χ1) is 9.65. The number of benzene rings is 1. The predicted molar refractivity (Wildman–Crippen MR) is 76.1 cm³/mol. The summed E-state index contributed by atoms with van der Waals surface area (Å²) in [6.07, 6.45) is 3.40. The first-order valence-corrected chi connectivity index (χ1v) is 7.06. The molecule has 1 fully saturated rings. The average Bonchev–Trinajstić information content (AvgIpc) is 2.90. The molecular formula is C15H17ClN2O2. The molecule has 0 heterocycles. The number of hydrogen-bond donors (Lipinski definition) is 1. The monoisotopic (exact) mass is 292 g/mol. The Hall–Kier alpha value is -1.57. The van der Waals surface area contributed by atoms with Gasteiger partial charge >= 0.3 is 0 Å². The Balaban J connectivity index is 1.79. The van der Waals surface area contributed by atoms with Crippen LogP contribution in [0.25, 0.3) is 0 Å². The lowest BCUT2D eigenvalue weighted by Gasteiger charge is -2.21. The molecule has 1 aromatic rings. The molecule has 0 bridgehead atoms. The van der Waals surface area contributed by atoms with Crippen LogP contribution in [0.4, 0.5) is 0 Å². The van der Waals surface area contributed by atoms with E-state index in [9.17, 15) is 10.1 Å². The van der Waals surface area contributed by atoms with Crippen molar-refractivity contribution in [2.75, 3.05) is 6.61 Å². The standard InChI is InChI=1S/C15H17ClN2O2/c16-13-6-2-1-5-12(13)9-20-10-14(19)18-15(11-17)7-3-4-8-15/h1-2,5-6H,3-4,7-10H2,(H,18,19). The third kappa shape index (κ3) is 3.72. The van der Waals surface area contributed by atoms with E-state index in [2.05, 4.69) is 11.4 Å². The SMILES string of the molecule is N#CC1(NC(=O)COCc2ccccc2Cl)CCCC1. The molecular weight excluding hydrogens is 276 g/mol. The number of amides is 1. The minimum atomic E-state index is -0.690. The molecule has 1 aliphatic carbocycles. The van der Waals surface area contributed by atoms with Crippen molar-refractivity contribution < 1.29 is 9.53 Å². The van der Waals surface area contributed by atoms with Crippen molar-refractivity contribution in [3.8, 4) is 6.07 Å². The molecule has 1 aliphatic rings. The molecule has 1 N–H and O–H groups in total. The fourth-order valence-corrected chi connectivity index (χ4v) is 2.61. The number of hydrogen-bond acceptors (Lipinski definition) is 3. The zero-order valence-electron chi connectivity index (χ0n) is 11.2. The highest BCUT2D eigenvalue weighted by Crippen LogP contribution is 2.28. The van der Waals surface area contributed by atoms with Crippen molar-refractivity contribution in [2.45, 2.75) is 37.8 Å². The van der Waals surface area contributed by atoms with E-state index in [0.717, 1.165) is 31.2 Å². The summed E-state index contributed by atoms with van der Waals surface area (Å²) in [4.78, 5) is 11.8. The maximum absolute atomic E-state index is 11.8. The van der Waals surface area contributed by atoms with E-state index >= 15 is 0 Å². The summed E-state index contributed by atoms with van der Waals surface area (Å²) in [5.41, 5.74) is 0.156. The third-order valence-corrected chi connectivity index (χ3v) is 3.87. The van der Waals surface area contributed by atoms with Crippen molar-refractivity contribution in [3.63, 3.8) is 0 Å². The molecule has 2 rings (SSSR count). The summed E-state index contributed by atoms with van der Waals surface area (Å²) < 4.78 is 5.36. The third-order valence-electron chi connectivity index (χ3n) is 3.50. The number of carbonyl (C=O) groups excluding carboxylic acids is 1. The Morgan fingerprint density at radius 2 is 2.10 bits per heavy atom. The highest BCUT2D eigenvalue weighted by Gasteiger charge is 2.35. The van der Waals surface area contributed by atoms with E-state index in [-0.39, 0.29) is 19.1 Å². The zero-order chi connectivity index (χ0) is 14.4. The fraction of sp³-hybridized carbons (Fsp3) is 0.467. The second-order valence-corrected chi connectivity index (χ2v) is 5.44. The van der Waals surface area contributed by atoms with Crippen LogP contribution >= 0.6 is 11.6 Å². The van der Waals surface area contributed by atoms with Crippen LogP contribution in [0, 0.1) is 11.3 Å². The summed E-state index contributed by atoms with van der Waals surface area (Å²) in [7, 11) is 0. The lowest BCUT2D eigenvalue weighted by atomic mass is 10.00. The summed E-state index contributed by atoms with van der Waals surface area (Å²) in [5, 5.41) is 12.6. The second-order valence-electron chi connectivity index (χ2n) is 5.03. The number of nitrogens with zero attached hydrogens (tertiary/aromatic N) is 1. The highest BCUT2D eigenvalue weighted by molar-refractivity contribution is 6.31. The second kappa shape index (κ2) is 6.74. The van der Waals surface area contributed by atoms with Crippen LogP contribution in [0.15, 0.2) is 24.3 Å². The number of nitrogens with one attached hydrogen (secondary N) is 1. The lowest BCUT2D eigenvalue weighted by molar-refractivity contribution is -0.127. The number of rotatable bonds is 5. The van der Waals surface area contributed by atoms with E-state index in [1.165, 1.54) is 0 Å². The largest absolute Gasteiger partial charge is 0.367 e. The molecule has 0 spiro atoms. The molecule has 1 amide bonds. The summed E-state index contributed by atoms with van der Waals surface area (Å²) in [6.45, 7) is 0.224. The van der Waals surface area contributed by atoms with Crippen molar-refractivity contribution in [1.29, 1.82) is 5.26 Å². The van der Waals surface area contributed by atoms with Crippen LogP contribution in [0.1, 0.15) is 31.2 Å². The van der Waals surface area contributed by atoms with Gasteiger partial charge in [0.1, 0.15) is 12.1 Å². The molecule has 1 saturated carbocycles. The van der Waals surface area contributed by atoms with E-state index in [4.69, 9.17) is 16.3 Å². The summed E-state index contributed by atoms with van der Waals surface area (Å²) in [5.74, 6) is -0.250. The van der Waals surface area contributed by atoms with Gasteiger partial charge in [0.25, 0.3) is 0 Å². The molecule has 1 aromatic carbocycles. The smallest absolute Gasteiger partial charge is 0.247 e. The molecule has 106 valence electrons. The van der Waals surface area contributed by atoms with Crippen LogP contribution in [0.5, 0.6) is 0 Å². The number of carbonyl (C=O) groups is 1. The fourth-order valence-electron chi connectivity index (χ4n) is 2.42. The van der Waals surface area contributed by atoms with Gasteiger partial charge in [-0.2, -0.15) is 5.26 Å². The van der Waals surface area contributed by atoms with E-state index in [0.29, 0.717) is 5.02 Å². The van der Waals surface area contributed by atoms with Gasteiger partial charge in [0, 0.05) is 5.02 Å². The molecule has 5 heteroatoms. The molecule has 20 heavy (non-hydrogen) atoms. The quantitative estimate of drug-likeness (QED) is 0.908. The van der Waals surface area contributed by atoms with Gasteiger partial charge < -0.3 is 10.1 Å². The molecule has 0 saturated heterocycles. The van der Waals surface area contributed by atoms with Crippen molar-refractivity contribution in [1.82, 2.24) is 5.32 Å². The van der Waals surface area contributed by atoms with E-state index in [1.54, 1.807) is 6.07 Å². The van der Waals surface area contributed by atoms with Crippen LogP contribution < -0.4 is 5.32 Å². The number of halogens is 1. The lowest BCUT2D eigenvalue weighted by Crippen LogP contribution is -2.46. The van der Waals surface area contributed by atoms with E-state index < -0.39 is 5.54 Å². The van der Waals surface area contributed by atoms with Gasteiger partial charge in [-0.25, -0.2) is 0 Å². The minimum absolute atomic E-state index is 0.0609. The van der Waals surface area contributed by atoms with Gasteiger partial charge in [-0.3, -0.25) is 4.79 Å². The maximum Gasteiger partial charge on any atom is 0.247 e. The van der Waals surface area contributed by atoms with Crippen LogP contribution in [-0.2, 0) is 16.1 Å². The predicted octanol–water partition coefficient (Wildman–Crippen LogP) is 2.81. The summed E-state index contributed by atoms with van der Waals surface area (Å²) >= 11 is 6.00. The maximum atomic E-state index is 11.8. The normalized spacial score (nSPS) is 16.6. The Morgan fingerprint density at radius 3 is 2.75 bits per heavy atom. The van der Waals surface area contributed by atoms with Crippen LogP contribution in [-0.4, -0.2) is 18.1 Å². The molecule has 0 unspecified atom stereocenters. The number of ether oxygens (including phenoxy) is 1. The minimum Gasteiger partial charge on any atom is -0.367 e. The molecule has 0 radical (unpaired) electrons. The van der Waals surface area contributed by atoms with Gasteiger partial charge in [-0.05, 0) is 37.3 Å². The van der Waals surface area contributed by atoms with Crippen molar-refractivity contribution in [2.24, 2.45) is 0 Å². The topological polar surface area (TPSA) is 62.1 Å². The van der Waals surface area contributed by atoms with Gasteiger partial charge in [0.05, 0.1) is 12.7 Å². The molecule has 0 atom stereocenters. The number of nitriles is 1. The molecule has 0 aliphatic heterocycles. The summed E-state index contributed by atoms with van der Waals surface area (Å²) in [6, 6.07) is 9.56. The van der Waals surface area contributed by atoms with Gasteiger partial charge in [-0.1, -0.05) is 29.8 Å². The first kappa shape index (κ1) is 14.8. The average molecular weight is 293 g/mol. The van der Waals surface area contributed by atoms with Crippen LogP contribution in [0.2, 0.25) is 5.02 Å². The van der Waals surface area contributed by atoms with Crippen molar-refractivity contribution >= 4 is 17.5 Å². The Labute approximate surface area is 123 Å². The zero-order valence-corrected chi connectivity index (χ0v) is 11.9. The van der Waals surface area contributed by atoms with Gasteiger partial charge in [0.15, 0.2) is 0 Å². The Bertz CT molecular complexity index is 519. The van der Waals surface area contributed by atoms with Gasteiger partial charge in [0.2, 0.25) is 5.91 Å².